The molecular weight excluding hydrogens is 394 g/mol. The number of hydrogen-bond donors (Lipinski definition) is 0. The molecule has 0 amide bonds. The van der Waals surface area contributed by atoms with Gasteiger partial charge in [0.15, 0.2) is 0 Å². The predicted molar refractivity (Wildman–Crippen MR) is 130 cm³/mol. The zero-order chi connectivity index (χ0) is 23.1. The molecule has 4 rings (SSSR count). The zero-order valence-electron chi connectivity index (χ0n) is 20.0. The van der Waals surface area contributed by atoms with Gasteiger partial charge in [0.05, 0.1) is 12.1 Å². The van der Waals surface area contributed by atoms with Crippen molar-refractivity contribution in [2.24, 2.45) is 0 Å². The van der Waals surface area contributed by atoms with Crippen LogP contribution < -0.4 is 0 Å². The molecule has 1 aliphatic rings. The Morgan fingerprint density at radius 1 is 0.844 bits per heavy atom. The van der Waals surface area contributed by atoms with Crippen molar-refractivity contribution in [2.75, 3.05) is 6.61 Å². The van der Waals surface area contributed by atoms with Crippen molar-refractivity contribution < 1.29 is 9.53 Å². The smallest absolute Gasteiger partial charge is 0.311 e. The lowest BCUT2D eigenvalue weighted by Gasteiger charge is -2.22. The summed E-state index contributed by atoms with van der Waals surface area (Å²) < 4.78 is 5.82. The molecule has 0 radical (unpaired) electrons. The van der Waals surface area contributed by atoms with Crippen LogP contribution in [0.4, 0.5) is 0 Å². The van der Waals surface area contributed by atoms with Crippen molar-refractivity contribution in [3.8, 4) is 11.1 Å². The Bertz CT molecular complexity index is 1070. The molecule has 0 aliphatic heterocycles. The molecule has 0 N–H and O–H groups in total. The predicted octanol–water partition coefficient (Wildman–Crippen LogP) is 6.57. The second-order valence-electron chi connectivity index (χ2n) is 10.8. The lowest BCUT2D eigenvalue weighted by Crippen LogP contribution is -2.17. The first-order chi connectivity index (χ1) is 15.0. The Labute approximate surface area is 191 Å². The highest BCUT2D eigenvalue weighted by molar-refractivity contribution is 5.80. The number of benzene rings is 2. The van der Waals surface area contributed by atoms with E-state index < -0.39 is 0 Å². The minimum Gasteiger partial charge on any atom is -0.464 e. The number of carbonyl (C=O) groups excluding carboxylic acids is 1. The zero-order valence-corrected chi connectivity index (χ0v) is 20.0. The molecule has 166 valence electrons. The van der Waals surface area contributed by atoms with Crippen LogP contribution in [-0.4, -0.2) is 17.6 Å². The molecule has 0 bridgehead atoms. The van der Waals surface area contributed by atoms with Gasteiger partial charge in [-0.05, 0) is 56.3 Å². The number of nitrogens with zero attached hydrogens (tertiary/aromatic N) is 1. The van der Waals surface area contributed by atoms with Crippen molar-refractivity contribution in [1.82, 2.24) is 4.98 Å². The monoisotopic (exact) mass is 427 g/mol. The summed E-state index contributed by atoms with van der Waals surface area (Å²) in [4.78, 5) is 16.8. The number of esters is 1. The molecule has 3 aromatic rings. The Morgan fingerprint density at radius 3 is 1.88 bits per heavy atom. The van der Waals surface area contributed by atoms with Crippen LogP contribution in [0, 0.1) is 0 Å². The molecule has 0 fully saturated rings. The van der Waals surface area contributed by atoms with Gasteiger partial charge in [-0.25, -0.2) is 0 Å². The number of hydrogen-bond acceptors (Lipinski definition) is 3. The highest BCUT2D eigenvalue weighted by Crippen LogP contribution is 2.47. The lowest BCUT2D eigenvalue weighted by atomic mass is 9.83. The fraction of sp³-hybridized carbons (Fsp3) is 0.379. The number of aromatic nitrogens is 1. The van der Waals surface area contributed by atoms with Gasteiger partial charge in [-0.3, -0.25) is 9.78 Å². The highest BCUT2D eigenvalue weighted by Gasteiger charge is 2.32. The van der Waals surface area contributed by atoms with Crippen LogP contribution in [0.5, 0.6) is 0 Å². The van der Waals surface area contributed by atoms with Crippen molar-refractivity contribution >= 4 is 5.97 Å². The standard InChI is InChI=1S/C29H33NO2/c1-28(2,3)19-10-12-22-23-13-11-20(29(4,5)6)16-25(23)26(24(22)15-19)18-32-27(31)17-21-9-7-8-14-30-21/h7-16,26H,17-18H2,1-6H3. The molecule has 3 heteroatoms. The number of rotatable bonds is 4. The number of ether oxygens (including phenoxy) is 1. The number of pyridine rings is 1. The van der Waals surface area contributed by atoms with Crippen molar-refractivity contribution in [3.05, 3.63) is 88.7 Å². The van der Waals surface area contributed by atoms with Crippen molar-refractivity contribution in [1.29, 1.82) is 0 Å². The number of fused-ring (bicyclic) bond motifs is 3. The number of carbonyl (C=O) groups is 1. The average Bonchev–Trinajstić information content (AvgIpc) is 3.04. The first-order valence-electron chi connectivity index (χ1n) is 11.4. The van der Waals surface area contributed by atoms with Crippen LogP contribution in [0.2, 0.25) is 0 Å². The van der Waals surface area contributed by atoms with E-state index >= 15 is 0 Å². The maximum absolute atomic E-state index is 12.6. The summed E-state index contributed by atoms with van der Waals surface area (Å²) >= 11 is 0. The van der Waals surface area contributed by atoms with Crippen LogP contribution in [-0.2, 0) is 26.8 Å². The first-order valence-corrected chi connectivity index (χ1v) is 11.4. The molecule has 0 atom stereocenters. The maximum Gasteiger partial charge on any atom is 0.311 e. The van der Waals surface area contributed by atoms with E-state index in [0.29, 0.717) is 6.61 Å². The van der Waals surface area contributed by atoms with E-state index in [1.54, 1.807) is 6.20 Å². The van der Waals surface area contributed by atoms with E-state index in [9.17, 15) is 4.79 Å². The van der Waals surface area contributed by atoms with Gasteiger partial charge in [0.1, 0.15) is 6.61 Å². The van der Waals surface area contributed by atoms with E-state index in [1.165, 1.54) is 33.4 Å². The van der Waals surface area contributed by atoms with E-state index in [1.807, 2.05) is 18.2 Å². The SMILES string of the molecule is CC(C)(C)c1ccc2c(c1)C(COC(=O)Cc1ccccn1)c1cc(C(C)(C)C)ccc1-2. The molecule has 3 nitrogen and oxygen atoms in total. The molecular formula is C29H33NO2. The summed E-state index contributed by atoms with van der Waals surface area (Å²) in [5.74, 6) is -0.199. The van der Waals surface area contributed by atoms with Gasteiger partial charge in [-0.2, -0.15) is 0 Å². The second-order valence-corrected chi connectivity index (χ2v) is 10.8. The largest absolute Gasteiger partial charge is 0.464 e. The minimum absolute atomic E-state index is 0.0392. The molecule has 0 saturated heterocycles. The lowest BCUT2D eigenvalue weighted by molar-refractivity contribution is -0.143. The fourth-order valence-electron chi connectivity index (χ4n) is 4.35. The van der Waals surface area contributed by atoms with Gasteiger partial charge in [0, 0.05) is 12.1 Å². The summed E-state index contributed by atoms with van der Waals surface area (Å²) in [6.07, 6.45) is 1.89. The third-order valence-corrected chi connectivity index (χ3v) is 6.34. The van der Waals surface area contributed by atoms with Gasteiger partial charge in [-0.1, -0.05) is 84.0 Å². The Kier molecular flexibility index (Phi) is 5.70. The summed E-state index contributed by atoms with van der Waals surface area (Å²) in [5, 5.41) is 0. The Balaban J connectivity index is 1.67. The highest BCUT2D eigenvalue weighted by atomic mass is 16.5. The van der Waals surface area contributed by atoms with Crippen LogP contribution >= 0.6 is 0 Å². The third kappa shape index (κ3) is 4.48. The average molecular weight is 428 g/mol. The van der Waals surface area contributed by atoms with E-state index in [-0.39, 0.29) is 29.1 Å². The van der Waals surface area contributed by atoms with E-state index in [0.717, 1.165) is 5.69 Å². The molecule has 2 aromatic carbocycles. The normalized spacial score (nSPS) is 13.6. The Morgan fingerprint density at radius 2 is 1.41 bits per heavy atom. The fourth-order valence-corrected chi connectivity index (χ4v) is 4.35. The summed E-state index contributed by atoms with van der Waals surface area (Å²) in [5.41, 5.74) is 8.44. The van der Waals surface area contributed by atoms with E-state index in [2.05, 4.69) is 82.9 Å². The molecule has 0 saturated carbocycles. The minimum atomic E-state index is -0.238. The maximum atomic E-state index is 12.6. The van der Waals surface area contributed by atoms with Gasteiger partial charge in [-0.15, -0.1) is 0 Å². The van der Waals surface area contributed by atoms with Crippen molar-refractivity contribution in [3.63, 3.8) is 0 Å². The summed E-state index contributed by atoms with van der Waals surface area (Å²) in [6.45, 7) is 13.7. The summed E-state index contributed by atoms with van der Waals surface area (Å²) in [7, 11) is 0. The Hall–Kier alpha value is -2.94. The molecule has 32 heavy (non-hydrogen) atoms. The van der Waals surface area contributed by atoms with Gasteiger partial charge < -0.3 is 4.74 Å². The van der Waals surface area contributed by atoms with Crippen LogP contribution in [0.1, 0.15) is 75.4 Å². The molecule has 1 aromatic heterocycles. The van der Waals surface area contributed by atoms with Crippen LogP contribution in [0.15, 0.2) is 60.8 Å². The molecule has 0 unspecified atom stereocenters. The first kappa shape index (κ1) is 22.3. The van der Waals surface area contributed by atoms with Gasteiger partial charge >= 0.3 is 5.97 Å². The molecule has 1 aliphatic carbocycles. The van der Waals surface area contributed by atoms with Crippen molar-refractivity contribution in [2.45, 2.75) is 64.7 Å². The quantitative estimate of drug-likeness (QED) is 0.442. The van der Waals surface area contributed by atoms with E-state index in [4.69, 9.17) is 4.74 Å². The van der Waals surface area contributed by atoms with Crippen LogP contribution in [0.25, 0.3) is 11.1 Å². The van der Waals surface area contributed by atoms with Gasteiger partial charge in [0.25, 0.3) is 0 Å². The topological polar surface area (TPSA) is 39.2 Å². The third-order valence-electron chi connectivity index (χ3n) is 6.34. The molecule has 1 heterocycles. The molecule has 0 spiro atoms. The summed E-state index contributed by atoms with van der Waals surface area (Å²) in [6, 6.07) is 19.1. The second kappa shape index (κ2) is 8.20. The van der Waals surface area contributed by atoms with Gasteiger partial charge in [0.2, 0.25) is 0 Å². The van der Waals surface area contributed by atoms with Crippen LogP contribution in [0.3, 0.4) is 0 Å².